The van der Waals surface area contributed by atoms with Crippen LogP contribution in [0.2, 0.25) is 0 Å². The molecule has 1 aromatic heterocycles. The first-order chi connectivity index (χ1) is 8.63. The lowest BCUT2D eigenvalue weighted by Crippen LogP contribution is -2.24. The predicted molar refractivity (Wildman–Crippen MR) is 81.7 cm³/mol. The van der Waals surface area contributed by atoms with Crippen molar-refractivity contribution in [2.45, 2.75) is 13.0 Å². The SMILES string of the molecule is O=C(Cc1cccc(Br)c1)NCc1ccc(Br)s1. The molecule has 0 bridgehead atoms. The molecule has 0 fully saturated rings. The van der Waals surface area contributed by atoms with Gasteiger partial charge >= 0.3 is 0 Å². The summed E-state index contributed by atoms with van der Waals surface area (Å²) < 4.78 is 2.08. The molecule has 0 saturated heterocycles. The van der Waals surface area contributed by atoms with Gasteiger partial charge in [-0.1, -0.05) is 28.1 Å². The van der Waals surface area contributed by atoms with Gasteiger partial charge in [-0.25, -0.2) is 0 Å². The number of hydrogen-bond donors (Lipinski definition) is 1. The number of benzene rings is 1. The Morgan fingerprint density at radius 1 is 1.22 bits per heavy atom. The second kappa shape index (κ2) is 6.50. The molecule has 0 saturated carbocycles. The van der Waals surface area contributed by atoms with Gasteiger partial charge in [-0.15, -0.1) is 11.3 Å². The summed E-state index contributed by atoms with van der Waals surface area (Å²) in [5, 5.41) is 2.92. The maximum Gasteiger partial charge on any atom is 0.224 e. The summed E-state index contributed by atoms with van der Waals surface area (Å²) in [6.45, 7) is 0.586. The van der Waals surface area contributed by atoms with Crippen LogP contribution in [-0.2, 0) is 17.8 Å². The number of amides is 1. The zero-order chi connectivity index (χ0) is 13.0. The Kier molecular flexibility index (Phi) is 4.97. The van der Waals surface area contributed by atoms with E-state index in [2.05, 4.69) is 37.2 Å². The number of carbonyl (C=O) groups is 1. The molecule has 0 radical (unpaired) electrons. The fourth-order valence-corrected chi connectivity index (χ4v) is 3.40. The van der Waals surface area contributed by atoms with E-state index < -0.39 is 0 Å². The van der Waals surface area contributed by atoms with Gasteiger partial charge in [0.25, 0.3) is 0 Å². The number of halogens is 2. The highest BCUT2D eigenvalue weighted by atomic mass is 79.9. The maximum absolute atomic E-state index is 11.8. The molecule has 0 aliphatic carbocycles. The number of rotatable bonds is 4. The second-order valence-corrected chi connectivity index (χ2v) is 7.25. The predicted octanol–water partition coefficient (Wildman–Crippen LogP) is 4.13. The molecular weight excluding hydrogens is 378 g/mol. The summed E-state index contributed by atoms with van der Waals surface area (Å²) in [6.07, 6.45) is 0.409. The monoisotopic (exact) mass is 387 g/mol. The second-order valence-electron chi connectivity index (χ2n) is 3.79. The number of hydrogen-bond acceptors (Lipinski definition) is 2. The smallest absolute Gasteiger partial charge is 0.224 e. The molecule has 0 unspecified atom stereocenters. The van der Waals surface area contributed by atoms with Crippen molar-refractivity contribution >= 4 is 49.1 Å². The highest BCUT2D eigenvalue weighted by Crippen LogP contribution is 2.21. The largest absolute Gasteiger partial charge is 0.351 e. The third-order valence-electron chi connectivity index (χ3n) is 2.34. The lowest BCUT2D eigenvalue weighted by atomic mass is 10.1. The Hall–Kier alpha value is -0.650. The zero-order valence-electron chi connectivity index (χ0n) is 9.45. The standard InChI is InChI=1S/C13H11Br2NOS/c14-10-3-1-2-9(6-10)7-13(17)16-8-11-4-5-12(15)18-11/h1-6H,7-8H2,(H,16,17). The van der Waals surface area contributed by atoms with E-state index in [1.807, 2.05) is 36.4 Å². The topological polar surface area (TPSA) is 29.1 Å². The van der Waals surface area contributed by atoms with Gasteiger partial charge in [-0.2, -0.15) is 0 Å². The molecule has 94 valence electrons. The molecule has 0 atom stereocenters. The van der Waals surface area contributed by atoms with E-state index in [1.165, 1.54) is 0 Å². The first-order valence-corrected chi connectivity index (χ1v) is 7.79. The van der Waals surface area contributed by atoms with Crippen molar-refractivity contribution in [2.75, 3.05) is 0 Å². The van der Waals surface area contributed by atoms with Crippen LogP contribution in [0.25, 0.3) is 0 Å². The van der Waals surface area contributed by atoms with E-state index >= 15 is 0 Å². The molecule has 18 heavy (non-hydrogen) atoms. The third kappa shape index (κ3) is 4.23. The van der Waals surface area contributed by atoms with Crippen LogP contribution in [0, 0.1) is 0 Å². The highest BCUT2D eigenvalue weighted by molar-refractivity contribution is 9.11. The van der Waals surface area contributed by atoms with Gasteiger partial charge < -0.3 is 5.32 Å². The van der Waals surface area contributed by atoms with Gasteiger partial charge in [-0.05, 0) is 45.8 Å². The first kappa shape index (κ1) is 13.8. The van der Waals surface area contributed by atoms with Gasteiger partial charge in [-0.3, -0.25) is 4.79 Å². The fraction of sp³-hybridized carbons (Fsp3) is 0.154. The normalized spacial score (nSPS) is 10.3. The summed E-state index contributed by atoms with van der Waals surface area (Å²) in [4.78, 5) is 12.9. The van der Waals surface area contributed by atoms with Crippen LogP contribution in [0.4, 0.5) is 0 Å². The van der Waals surface area contributed by atoms with E-state index in [0.29, 0.717) is 13.0 Å². The van der Waals surface area contributed by atoms with Gasteiger partial charge in [0.15, 0.2) is 0 Å². The third-order valence-corrected chi connectivity index (χ3v) is 4.46. The summed E-state index contributed by atoms with van der Waals surface area (Å²) in [7, 11) is 0. The Bertz CT molecular complexity index is 553. The van der Waals surface area contributed by atoms with Crippen molar-refractivity contribution in [3.63, 3.8) is 0 Å². The van der Waals surface area contributed by atoms with E-state index in [0.717, 1.165) is 18.7 Å². The molecular formula is C13H11Br2NOS. The molecule has 2 nitrogen and oxygen atoms in total. The Morgan fingerprint density at radius 2 is 2.06 bits per heavy atom. The first-order valence-electron chi connectivity index (χ1n) is 5.39. The van der Waals surface area contributed by atoms with Crippen LogP contribution in [0.3, 0.4) is 0 Å². The van der Waals surface area contributed by atoms with Crippen LogP contribution in [0.15, 0.2) is 44.7 Å². The van der Waals surface area contributed by atoms with Crippen molar-refractivity contribution in [1.82, 2.24) is 5.32 Å². The Balaban J connectivity index is 1.85. The molecule has 2 aromatic rings. The van der Waals surface area contributed by atoms with Crippen molar-refractivity contribution in [1.29, 1.82) is 0 Å². The zero-order valence-corrected chi connectivity index (χ0v) is 13.4. The molecule has 1 amide bonds. The summed E-state index contributed by atoms with van der Waals surface area (Å²) in [5.74, 6) is 0.0395. The number of carbonyl (C=O) groups excluding carboxylic acids is 1. The molecule has 1 N–H and O–H groups in total. The Labute approximate surface area is 127 Å². The summed E-state index contributed by atoms with van der Waals surface area (Å²) in [6, 6.07) is 11.8. The van der Waals surface area contributed by atoms with E-state index in [4.69, 9.17) is 0 Å². The lowest BCUT2D eigenvalue weighted by molar-refractivity contribution is -0.120. The van der Waals surface area contributed by atoms with E-state index in [1.54, 1.807) is 11.3 Å². The van der Waals surface area contributed by atoms with Crippen molar-refractivity contribution in [3.05, 3.63) is 55.1 Å². The van der Waals surface area contributed by atoms with Gasteiger partial charge in [0.05, 0.1) is 16.8 Å². The minimum atomic E-state index is 0.0395. The maximum atomic E-state index is 11.8. The van der Waals surface area contributed by atoms with E-state index in [-0.39, 0.29) is 5.91 Å². The van der Waals surface area contributed by atoms with Gasteiger partial charge in [0.2, 0.25) is 5.91 Å². The fourth-order valence-electron chi connectivity index (χ4n) is 1.53. The molecule has 0 spiro atoms. The summed E-state index contributed by atoms with van der Waals surface area (Å²) in [5.41, 5.74) is 1.01. The average molecular weight is 389 g/mol. The van der Waals surface area contributed by atoms with Crippen LogP contribution in [-0.4, -0.2) is 5.91 Å². The van der Waals surface area contributed by atoms with Crippen molar-refractivity contribution in [3.8, 4) is 0 Å². The van der Waals surface area contributed by atoms with Crippen molar-refractivity contribution < 1.29 is 4.79 Å². The molecule has 1 aromatic carbocycles. The molecule has 0 aliphatic heterocycles. The molecule has 5 heteroatoms. The number of nitrogens with one attached hydrogen (secondary N) is 1. The van der Waals surface area contributed by atoms with Gasteiger partial charge in [0.1, 0.15) is 0 Å². The quantitative estimate of drug-likeness (QED) is 0.838. The van der Waals surface area contributed by atoms with Crippen LogP contribution in [0.1, 0.15) is 10.4 Å². The lowest BCUT2D eigenvalue weighted by Gasteiger charge is -2.04. The van der Waals surface area contributed by atoms with Gasteiger partial charge in [0, 0.05) is 9.35 Å². The summed E-state index contributed by atoms with van der Waals surface area (Å²) >= 11 is 8.43. The van der Waals surface area contributed by atoms with Crippen LogP contribution >= 0.6 is 43.2 Å². The van der Waals surface area contributed by atoms with E-state index in [9.17, 15) is 4.79 Å². The molecule has 1 heterocycles. The van der Waals surface area contributed by atoms with Crippen LogP contribution in [0.5, 0.6) is 0 Å². The minimum absolute atomic E-state index is 0.0395. The minimum Gasteiger partial charge on any atom is -0.351 e. The highest BCUT2D eigenvalue weighted by Gasteiger charge is 2.04. The number of thiophene rings is 1. The van der Waals surface area contributed by atoms with Crippen molar-refractivity contribution in [2.24, 2.45) is 0 Å². The molecule has 2 rings (SSSR count). The molecule has 0 aliphatic rings. The average Bonchev–Trinajstić information content (AvgIpc) is 2.73. The Morgan fingerprint density at radius 3 is 2.72 bits per heavy atom. The van der Waals surface area contributed by atoms with Crippen LogP contribution < -0.4 is 5.32 Å².